The summed E-state index contributed by atoms with van der Waals surface area (Å²) in [4.78, 5) is 18.9. The van der Waals surface area contributed by atoms with E-state index in [1.54, 1.807) is 17.1 Å². The largest absolute Gasteiger partial charge is 0.347 e. The Kier molecular flexibility index (Phi) is 5.53. The molecule has 25 heavy (non-hydrogen) atoms. The summed E-state index contributed by atoms with van der Waals surface area (Å²) in [6.07, 6.45) is 4.69. The lowest BCUT2D eigenvalue weighted by molar-refractivity contribution is 0.0946. The topological polar surface area (TPSA) is 50.2 Å². The van der Waals surface area contributed by atoms with Gasteiger partial charge in [0.25, 0.3) is 5.91 Å². The number of benzene rings is 1. The van der Waals surface area contributed by atoms with Crippen molar-refractivity contribution in [2.24, 2.45) is 18.9 Å². The molecule has 1 fully saturated rings. The Balaban J connectivity index is 1.63. The average molecular weight is 340 g/mol. The average Bonchev–Trinajstić information content (AvgIpc) is 2.99. The van der Waals surface area contributed by atoms with Gasteiger partial charge in [-0.2, -0.15) is 0 Å². The Hall–Kier alpha value is -2.14. The molecule has 3 rings (SSSR count). The van der Waals surface area contributed by atoms with Gasteiger partial charge in [0.1, 0.15) is 5.69 Å². The van der Waals surface area contributed by atoms with Crippen LogP contribution in [0.25, 0.3) is 0 Å². The number of imidazole rings is 1. The van der Waals surface area contributed by atoms with E-state index in [2.05, 4.69) is 47.2 Å². The second-order valence-corrected chi connectivity index (χ2v) is 7.52. The van der Waals surface area contributed by atoms with E-state index in [1.807, 2.05) is 13.1 Å². The molecule has 2 heterocycles. The summed E-state index contributed by atoms with van der Waals surface area (Å²) in [6, 6.07) is 8.39. The number of likely N-dealkylation sites (tertiary alicyclic amines) is 1. The number of amides is 1. The van der Waals surface area contributed by atoms with Crippen LogP contribution in [-0.4, -0.2) is 33.4 Å². The van der Waals surface area contributed by atoms with E-state index >= 15 is 0 Å². The smallest absolute Gasteiger partial charge is 0.271 e. The summed E-state index contributed by atoms with van der Waals surface area (Å²) in [6.45, 7) is 8.45. The van der Waals surface area contributed by atoms with Crippen molar-refractivity contribution >= 4 is 5.91 Å². The first-order valence-corrected chi connectivity index (χ1v) is 9.06. The third-order valence-electron chi connectivity index (χ3n) is 4.83. The Morgan fingerprint density at radius 1 is 1.20 bits per heavy atom. The van der Waals surface area contributed by atoms with E-state index in [0.29, 0.717) is 12.2 Å². The van der Waals surface area contributed by atoms with Gasteiger partial charge in [-0.1, -0.05) is 38.1 Å². The first kappa shape index (κ1) is 17.7. The molecule has 0 bridgehead atoms. The zero-order valence-corrected chi connectivity index (χ0v) is 15.4. The van der Waals surface area contributed by atoms with Gasteiger partial charge in [0, 0.05) is 39.4 Å². The minimum atomic E-state index is -0.129. The van der Waals surface area contributed by atoms with E-state index in [0.717, 1.165) is 31.5 Å². The molecule has 1 amide bonds. The number of aryl methyl sites for hydroxylation is 1. The molecular formula is C20H28N4O. The maximum Gasteiger partial charge on any atom is 0.271 e. The van der Waals surface area contributed by atoms with Gasteiger partial charge in [-0.15, -0.1) is 0 Å². The highest BCUT2D eigenvalue weighted by atomic mass is 16.1. The summed E-state index contributed by atoms with van der Waals surface area (Å²) < 4.78 is 1.78. The molecule has 1 aromatic carbocycles. The van der Waals surface area contributed by atoms with Crippen LogP contribution in [-0.2, 0) is 20.1 Å². The van der Waals surface area contributed by atoms with E-state index in [4.69, 9.17) is 0 Å². The number of nitrogens with one attached hydrogen (secondary N) is 1. The molecule has 0 radical (unpaired) electrons. The van der Waals surface area contributed by atoms with E-state index in [-0.39, 0.29) is 5.91 Å². The van der Waals surface area contributed by atoms with Crippen molar-refractivity contribution in [1.29, 1.82) is 0 Å². The summed E-state index contributed by atoms with van der Waals surface area (Å²) >= 11 is 0. The standard InChI is InChI=1S/C20H28N4O/c1-15-8-16(2)11-24(10-15)12-18-7-5-4-6-17(18)9-21-20(25)19-13-23(3)14-22-19/h4-7,13-16H,8-12H2,1-3H3,(H,21,25)/t15-,16-/m1/s1. The predicted molar refractivity (Wildman–Crippen MR) is 99.0 cm³/mol. The maximum atomic E-state index is 12.2. The number of piperidine rings is 1. The monoisotopic (exact) mass is 340 g/mol. The van der Waals surface area contributed by atoms with Gasteiger partial charge in [0.2, 0.25) is 0 Å². The Labute approximate surface area is 150 Å². The van der Waals surface area contributed by atoms with Gasteiger partial charge >= 0.3 is 0 Å². The lowest BCUT2D eigenvalue weighted by atomic mass is 9.91. The molecular weight excluding hydrogens is 312 g/mol. The number of nitrogens with zero attached hydrogens (tertiary/aromatic N) is 3. The molecule has 5 heteroatoms. The molecule has 1 aliphatic heterocycles. The molecule has 0 saturated carbocycles. The van der Waals surface area contributed by atoms with Gasteiger partial charge in [-0.25, -0.2) is 4.98 Å². The van der Waals surface area contributed by atoms with Crippen LogP contribution in [0.3, 0.4) is 0 Å². The molecule has 2 aromatic rings. The van der Waals surface area contributed by atoms with Gasteiger partial charge in [-0.05, 0) is 29.4 Å². The van der Waals surface area contributed by atoms with Gasteiger partial charge in [0.05, 0.1) is 6.33 Å². The first-order chi connectivity index (χ1) is 12.0. The third kappa shape index (κ3) is 4.69. The number of carbonyl (C=O) groups is 1. The van der Waals surface area contributed by atoms with Crippen LogP contribution >= 0.6 is 0 Å². The zero-order chi connectivity index (χ0) is 17.8. The van der Waals surface area contributed by atoms with E-state index in [9.17, 15) is 4.79 Å². The fourth-order valence-electron chi connectivity index (χ4n) is 3.84. The highest BCUT2D eigenvalue weighted by Gasteiger charge is 2.22. The molecule has 1 N–H and O–H groups in total. The number of aromatic nitrogens is 2. The Morgan fingerprint density at radius 2 is 1.88 bits per heavy atom. The van der Waals surface area contributed by atoms with Crippen LogP contribution in [0.5, 0.6) is 0 Å². The van der Waals surface area contributed by atoms with Crippen molar-refractivity contribution in [3.05, 3.63) is 53.6 Å². The van der Waals surface area contributed by atoms with Crippen LogP contribution in [0.15, 0.2) is 36.8 Å². The lowest BCUT2D eigenvalue weighted by Crippen LogP contribution is -2.38. The van der Waals surface area contributed by atoms with E-state index in [1.165, 1.54) is 17.5 Å². The van der Waals surface area contributed by atoms with Crippen molar-refractivity contribution in [3.63, 3.8) is 0 Å². The Morgan fingerprint density at radius 3 is 2.52 bits per heavy atom. The van der Waals surface area contributed by atoms with Gasteiger partial charge in [-0.3, -0.25) is 9.69 Å². The highest BCUT2D eigenvalue weighted by molar-refractivity contribution is 5.91. The normalized spacial score (nSPS) is 21.2. The summed E-state index contributed by atoms with van der Waals surface area (Å²) in [7, 11) is 1.86. The summed E-state index contributed by atoms with van der Waals surface area (Å²) in [5.74, 6) is 1.37. The van der Waals surface area contributed by atoms with Gasteiger partial charge < -0.3 is 9.88 Å². The number of hydrogen-bond donors (Lipinski definition) is 1. The van der Waals surface area contributed by atoms with Crippen LogP contribution in [0.1, 0.15) is 41.9 Å². The van der Waals surface area contributed by atoms with E-state index < -0.39 is 0 Å². The highest BCUT2D eigenvalue weighted by Crippen LogP contribution is 2.23. The minimum absolute atomic E-state index is 0.129. The summed E-state index contributed by atoms with van der Waals surface area (Å²) in [5.41, 5.74) is 2.93. The molecule has 0 unspecified atom stereocenters. The van der Waals surface area contributed by atoms with Crippen molar-refractivity contribution in [2.45, 2.75) is 33.4 Å². The molecule has 5 nitrogen and oxygen atoms in total. The van der Waals surface area contributed by atoms with Crippen LogP contribution < -0.4 is 5.32 Å². The molecule has 0 spiro atoms. The molecule has 134 valence electrons. The van der Waals surface area contributed by atoms with Crippen molar-refractivity contribution in [2.75, 3.05) is 13.1 Å². The van der Waals surface area contributed by atoms with Crippen molar-refractivity contribution in [1.82, 2.24) is 19.8 Å². The molecule has 1 aromatic heterocycles. The zero-order valence-electron chi connectivity index (χ0n) is 15.4. The number of hydrogen-bond acceptors (Lipinski definition) is 3. The number of carbonyl (C=O) groups excluding carboxylic acids is 1. The van der Waals surface area contributed by atoms with Crippen molar-refractivity contribution < 1.29 is 4.79 Å². The lowest BCUT2D eigenvalue weighted by Gasteiger charge is -2.35. The van der Waals surface area contributed by atoms with Crippen LogP contribution in [0.4, 0.5) is 0 Å². The summed E-state index contributed by atoms with van der Waals surface area (Å²) in [5, 5.41) is 2.99. The molecule has 0 aliphatic carbocycles. The fourth-order valence-corrected chi connectivity index (χ4v) is 3.84. The predicted octanol–water partition coefficient (Wildman–Crippen LogP) is 2.83. The van der Waals surface area contributed by atoms with Gasteiger partial charge in [0.15, 0.2) is 0 Å². The van der Waals surface area contributed by atoms with Crippen LogP contribution in [0, 0.1) is 11.8 Å². The SMILES string of the molecule is C[C@@H]1C[C@@H](C)CN(Cc2ccccc2CNC(=O)c2cn(C)cn2)C1. The second-order valence-electron chi connectivity index (χ2n) is 7.52. The van der Waals surface area contributed by atoms with Crippen LogP contribution in [0.2, 0.25) is 0 Å². The molecule has 1 saturated heterocycles. The number of rotatable bonds is 5. The second kappa shape index (κ2) is 7.83. The Bertz CT molecular complexity index is 714. The van der Waals surface area contributed by atoms with Crippen molar-refractivity contribution in [3.8, 4) is 0 Å². The fraction of sp³-hybridized carbons (Fsp3) is 0.500. The third-order valence-corrected chi connectivity index (χ3v) is 4.83. The minimum Gasteiger partial charge on any atom is -0.347 e. The maximum absolute atomic E-state index is 12.2. The molecule has 1 aliphatic rings. The first-order valence-electron chi connectivity index (χ1n) is 9.06. The quantitative estimate of drug-likeness (QED) is 0.910. The molecule has 2 atom stereocenters.